The zero-order valence-corrected chi connectivity index (χ0v) is 13.1. The summed E-state index contributed by atoms with van der Waals surface area (Å²) >= 11 is 0. The van der Waals surface area contributed by atoms with Crippen molar-refractivity contribution in [3.63, 3.8) is 0 Å². The minimum absolute atomic E-state index is 0.636. The molecule has 1 aromatic carbocycles. The number of nitrogens with zero attached hydrogens (tertiary/aromatic N) is 1. The van der Waals surface area contributed by atoms with E-state index in [0.29, 0.717) is 13.2 Å². The van der Waals surface area contributed by atoms with Crippen LogP contribution in [-0.2, 0) is 4.74 Å². The van der Waals surface area contributed by atoms with Crippen molar-refractivity contribution in [2.75, 3.05) is 57.9 Å². The van der Waals surface area contributed by atoms with Gasteiger partial charge in [0.1, 0.15) is 0 Å². The standard InChI is InChI=1S/C16H26N2O3/c1-3-20-15-6-5-14(13-16(15)21-4-2)17-7-8-18-9-11-19-12-10-18/h5-6,13,17H,3-4,7-12H2,1-2H3. The number of nitrogens with one attached hydrogen (secondary N) is 1. The Morgan fingerprint density at radius 1 is 1.10 bits per heavy atom. The fourth-order valence-electron chi connectivity index (χ4n) is 2.34. The number of rotatable bonds is 8. The molecule has 0 radical (unpaired) electrons. The summed E-state index contributed by atoms with van der Waals surface area (Å²) in [5, 5.41) is 3.44. The summed E-state index contributed by atoms with van der Waals surface area (Å²) in [5.41, 5.74) is 1.06. The first-order valence-corrected chi connectivity index (χ1v) is 7.77. The van der Waals surface area contributed by atoms with Gasteiger partial charge in [0.15, 0.2) is 11.5 Å². The lowest BCUT2D eigenvalue weighted by Gasteiger charge is -2.26. The first-order valence-electron chi connectivity index (χ1n) is 7.77. The summed E-state index contributed by atoms with van der Waals surface area (Å²) in [7, 11) is 0. The van der Waals surface area contributed by atoms with E-state index in [1.165, 1.54) is 0 Å². The Balaban J connectivity index is 1.85. The van der Waals surface area contributed by atoms with Crippen molar-refractivity contribution in [1.29, 1.82) is 0 Å². The van der Waals surface area contributed by atoms with Gasteiger partial charge in [-0.1, -0.05) is 0 Å². The largest absolute Gasteiger partial charge is 0.490 e. The highest BCUT2D eigenvalue weighted by molar-refractivity contribution is 5.54. The van der Waals surface area contributed by atoms with Crippen LogP contribution in [0.4, 0.5) is 5.69 Å². The first kappa shape index (κ1) is 15.9. The monoisotopic (exact) mass is 294 g/mol. The van der Waals surface area contributed by atoms with E-state index in [1.807, 2.05) is 32.0 Å². The number of benzene rings is 1. The number of hydrogen-bond acceptors (Lipinski definition) is 5. The Bertz CT molecular complexity index is 420. The van der Waals surface area contributed by atoms with Gasteiger partial charge < -0.3 is 19.5 Å². The molecule has 1 saturated heterocycles. The van der Waals surface area contributed by atoms with E-state index < -0.39 is 0 Å². The fraction of sp³-hybridized carbons (Fsp3) is 0.625. The van der Waals surface area contributed by atoms with Crippen molar-refractivity contribution in [2.24, 2.45) is 0 Å². The van der Waals surface area contributed by atoms with Gasteiger partial charge >= 0.3 is 0 Å². The van der Waals surface area contributed by atoms with Gasteiger partial charge in [0.05, 0.1) is 26.4 Å². The van der Waals surface area contributed by atoms with Gasteiger partial charge in [-0.3, -0.25) is 4.90 Å². The van der Waals surface area contributed by atoms with Crippen LogP contribution in [0.15, 0.2) is 18.2 Å². The summed E-state index contributed by atoms with van der Waals surface area (Å²) in [4.78, 5) is 2.41. The van der Waals surface area contributed by atoms with Crippen LogP contribution in [0.2, 0.25) is 0 Å². The molecular weight excluding hydrogens is 268 g/mol. The molecule has 0 spiro atoms. The average Bonchev–Trinajstić information content (AvgIpc) is 2.51. The second kappa shape index (κ2) is 8.74. The number of ether oxygens (including phenoxy) is 3. The Morgan fingerprint density at radius 3 is 2.52 bits per heavy atom. The van der Waals surface area contributed by atoms with Gasteiger partial charge in [-0.15, -0.1) is 0 Å². The van der Waals surface area contributed by atoms with E-state index in [2.05, 4.69) is 10.2 Å². The van der Waals surface area contributed by atoms with Gasteiger partial charge in [-0.05, 0) is 26.0 Å². The van der Waals surface area contributed by atoms with Crippen LogP contribution in [-0.4, -0.2) is 57.5 Å². The molecule has 0 aromatic heterocycles. The second-order valence-electron chi connectivity index (χ2n) is 4.91. The molecule has 21 heavy (non-hydrogen) atoms. The Kier molecular flexibility index (Phi) is 6.63. The van der Waals surface area contributed by atoms with E-state index in [9.17, 15) is 0 Å². The second-order valence-corrected chi connectivity index (χ2v) is 4.91. The number of morpholine rings is 1. The van der Waals surface area contributed by atoms with Crippen molar-refractivity contribution in [1.82, 2.24) is 4.90 Å². The van der Waals surface area contributed by atoms with E-state index >= 15 is 0 Å². The summed E-state index contributed by atoms with van der Waals surface area (Å²) in [6, 6.07) is 6.01. The van der Waals surface area contributed by atoms with Crippen molar-refractivity contribution < 1.29 is 14.2 Å². The SMILES string of the molecule is CCOc1ccc(NCCN2CCOCC2)cc1OCC. The minimum atomic E-state index is 0.636. The van der Waals surface area contributed by atoms with Gasteiger partial charge in [0.25, 0.3) is 0 Å². The lowest BCUT2D eigenvalue weighted by Crippen LogP contribution is -2.38. The highest BCUT2D eigenvalue weighted by atomic mass is 16.5. The molecule has 1 aliphatic heterocycles. The van der Waals surface area contributed by atoms with Crippen LogP contribution in [0, 0.1) is 0 Å². The molecule has 1 fully saturated rings. The maximum atomic E-state index is 5.63. The zero-order valence-electron chi connectivity index (χ0n) is 13.1. The first-order chi connectivity index (χ1) is 10.3. The quantitative estimate of drug-likeness (QED) is 0.796. The number of anilines is 1. The average molecular weight is 294 g/mol. The Labute approximate surface area is 127 Å². The molecule has 1 N–H and O–H groups in total. The van der Waals surface area contributed by atoms with E-state index in [0.717, 1.165) is 56.6 Å². The highest BCUT2D eigenvalue weighted by Gasteiger charge is 2.10. The molecule has 0 unspecified atom stereocenters. The zero-order chi connectivity index (χ0) is 14.9. The van der Waals surface area contributed by atoms with Gasteiger partial charge in [-0.2, -0.15) is 0 Å². The lowest BCUT2D eigenvalue weighted by atomic mass is 10.2. The molecule has 0 bridgehead atoms. The smallest absolute Gasteiger partial charge is 0.163 e. The summed E-state index contributed by atoms with van der Waals surface area (Å²) in [5.74, 6) is 1.61. The predicted molar refractivity (Wildman–Crippen MR) is 84.5 cm³/mol. The molecule has 1 aromatic rings. The van der Waals surface area contributed by atoms with Gasteiger partial charge in [0, 0.05) is 37.9 Å². The Morgan fingerprint density at radius 2 is 1.81 bits per heavy atom. The normalized spacial score (nSPS) is 15.7. The van der Waals surface area contributed by atoms with Gasteiger partial charge in [-0.25, -0.2) is 0 Å². The minimum Gasteiger partial charge on any atom is -0.490 e. The molecule has 1 aliphatic rings. The van der Waals surface area contributed by atoms with Gasteiger partial charge in [0.2, 0.25) is 0 Å². The third-order valence-corrected chi connectivity index (χ3v) is 3.40. The molecule has 118 valence electrons. The summed E-state index contributed by atoms with van der Waals surface area (Å²) in [6.45, 7) is 10.9. The van der Waals surface area contributed by atoms with Crippen LogP contribution in [0.5, 0.6) is 11.5 Å². The van der Waals surface area contributed by atoms with Crippen LogP contribution >= 0.6 is 0 Å². The summed E-state index contributed by atoms with van der Waals surface area (Å²) < 4.78 is 16.6. The van der Waals surface area contributed by atoms with Crippen molar-refractivity contribution in [3.8, 4) is 11.5 Å². The number of hydrogen-bond donors (Lipinski definition) is 1. The fourth-order valence-corrected chi connectivity index (χ4v) is 2.34. The summed E-state index contributed by atoms with van der Waals surface area (Å²) in [6.07, 6.45) is 0. The van der Waals surface area contributed by atoms with Crippen LogP contribution < -0.4 is 14.8 Å². The van der Waals surface area contributed by atoms with Crippen molar-refractivity contribution in [3.05, 3.63) is 18.2 Å². The van der Waals surface area contributed by atoms with Crippen LogP contribution in [0.1, 0.15) is 13.8 Å². The molecule has 5 heteroatoms. The molecule has 0 atom stereocenters. The van der Waals surface area contributed by atoms with E-state index in [1.54, 1.807) is 0 Å². The van der Waals surface area contributed by atoms with Crippen molar-refractivity contribution in [2.45, 2.75) is 13.8 Å². The lowest BCUT2D eigenvalue weighted by molar-refractivity contribution is 0.0398. The van der Waals surface area contributed by atoms with Crippen molar-refractivity contribution >= 4 is 5.69 Å². The highest BCUT2D eigenvalue weighted by Crippen LogP contribution is 2.30. The Hall–Kier alpha value is -1.46. The molecule has 0 amide bonds. The molecule has 5 nitrogen and oxygen atoms in total. The van der Waals surface area contributed by atoms with Crippen LogP contribution in [0.25, 0.3) is 0 Å². The maximum absolute atomic E-state index is 5.63. The topological polar surface area (TPSA) is 43.0 Å². The van der Waals surface area contributed by atoms with Crippen LogP contribution in [0.3, 0.4) is 0 Å². The molecule has 2 rings (SSSR count). The molecule has 0 saturated carbocycles. The molecule has 1 heterocycles. The molecular formula is C16H26N2O3. The van der Waals surface area contributed by atoms with E-state index in [-0.39, 0.29) is 0 Å². The van der Waals surface area contributed by atoms with E-state index in [4.69, 9.17) is 14.2 Å². The predicted octanol–water partition coefficient (Wildman–Crippen LogP) is 2.23. The molecule has 0 aliphatic carbocycles. The maximum Gasteiger partial charge on any atom is 0.163 e. The third kappa shape index (κ3) is 5.10. The third-order valence-electron chi connectivity index (χ3n) is 3.40.